The monoisotopic (exact) mass is 464 g/mol. The first-order chi connectivity index (χ1) is 14.2. The summed E-state index contributed by atoms with van der Waals surface area (Å²) in [6.45, 7) is 3.83. The van der Waals surface area contributed by atoms with Gasteiger partial charge in [0, 0.05) is 25.0 Å². The number of hydrogen-bond acceptors (Lipinski definition) is 10. The van der Waals surface area contributed by atoms with Crippen molar-refractivity contribution in [3.63, 3.8) is 0 Å². The van der Waals surface area contributed by atoms with Gasteiger partial charge in [-0.3, -0.25) is 24.0 Å². The van der Waals surface area contributed by atoms with Crippen LogP contribution in [0.3, 0.4) is 0 Å². The second-order valence-corrected chi connectivity index (χ2v) is 8.90. The van der Waals surface area contributed by atoms with E-state index in [0.717, 1.165) is 6.42 Å². The molecule has 3 N–H and O–H groups in total. The van der Waals surface area contributed by atoms with Crippen LogP contribution < -0.4 is 11.1 Å². The summed E-state index contributed by atoms with van der Waals surface area (Å²) in [5, 5.41) is 2.63. The van der Waals surface area contributed by atoms with Crippen LogP contribution in [-0.4, -0.2) is 66.7 Å². The first kappa shape index (κ1) is 28.4. The number of ether oxygens (including phenoxy) is 2. The molecule has 0 rings (SSSR count). The summed E-state index contributed by atoms with van der Waals surface area (Å²) < 4.78 is 9.33. The van der Waals surface area contributed by atoms with Crippen LogP contribution in [0, 0.1) is 0 Å². The van der Waals surface area contributed by atoms with Gasteiger partial charge < -0.3 is 20.5 Å². The van der Waals surface area contributed by atoms with E-state index in [0.29, 0.717) is 12.2 Å². The van der Waals surface area contributed by atoms with Crippen LogP contribution in [0.5, 0.6) is 0 Å². The lowest BCUT2D eigenvalue weighted by Gasteiger charge is -2.18. The van der Waals surface area contributed by atoms with E-state index in [4.69, 9.17) is 10.5 Å². The van der Waals surface area contributed by atoms with Crippen molar-refractivity contribution in [3.8, 4) is 0 Å². The molecule has 30 heavy (non-hydrogen) atoms. The quantitative estimate of drug-likeness (QED) is 0.184. The van der Waals surface area contributed by atoms with Gasteiger partial charge in [0.1, 0.15) is 11.8 Å². The molecule has 2 unspecified atom stereocenters. The molecule has 0 bridgehead atoms. The Kier molecular flexibility index (Phi) is 16.2. The Hall–Kier alpha value is -1.59. The lowest BCUT2D eigenvalue weighted by molar-refractivity contribution is -0.144. The first-order valence-electron chi connectivity index (χ1n) is 9.82. The van der Waals surface area contributed by atoms with Crippen LogP contribution in [-0.2, 0) is 33.4 Å². The van der Waals surface area contributed by atoms with E-state index in [1.54, 1.807) is 6.92 Å². The summed E-state index contributed by atoms with van der Waals surface area (Å²) >= 11 is 0. The predicted octanol–water partition coefficient (Wildman–Crippen LogP) is 1.41. The summed E-state index contributed by atoms with van der Waals surface area (Å²) in [6.07, 6.45) is 1.18. The van der Waals surface area contributed by atoms with Gasteiger partial charge in [-0.05, 0) is 19.8 Å². The van der Waals surface area contributed by atoms with E-state index < -0.39 is 29.9 Å². The van der Waals surface area contributed by atoms with Crippen molar-refractivity contribution in [2.45, 2.75) is 64.5 Å². The van der Waals surface area contributed by atoms with Gasteiger partial charge in [0.15, 0.2) is 5.78 Å². The molecular weight excluding hydrogens is 432 g/mol. The van der Waals surface area contributed by atoms with Gasteiger partial charge in [-0.25, -0.2) is 0 Å². The van der Waals surface area contributed by atoms with Crippen LogP contribution in [0.1, 0.15) is 52.4 Å². The third-order valence-corrected chi connectivity index (χ3v) is 6.20. The minimum absolute atomic E-state index is 0.0509. The van der Waals surface area contributed by atoms with Crippen molar-refractivity contribution in [1.29, 1.82) is 0 Å². The fourth-order valence-corrected chi connectivity index (χ4v) is 4.45. The second-order valence-electron chi connectivity index (χ2n) is 6.40. The van der Waals surface area contributed by atoms with Crippen LogP contribution in [0.4, 0.5) is 0 Å². The minimum Gasteiger partial charge on any atom is -0.468 e. The number of ketones is 2. The summed E-state index contributed by atoms with van der Waals surface area (Å²) in [7, 11) is 3.84. The highest BCUT2D eigenvalue weighted by Crippen LogP contribution is 2.23. The smallest absolute Gasteiger partial charge is 0.322 e. The van der Waals surface area contributed by atoms with Gasteiger partial charge in [0.05, 0.1) is 31.9 Å². The van der Waals surface area contributed by atoms with Crippen molar-refractivity contribution in [3.05, 3.63) is 0 Å². The Morgan fingerprint density at radius 2 is 1.70 bits per heavy atom. The molecule has 1 amide bonds. The standard InChI is InChI=1S/C19H32N2O7S2/c1-4-6-13(22)11-29-30-12-15(16(23)8-10-18(25)28-5-2)21-17(24)9-7-14(20)19(26)27-3/h14-15H,4-12,20H2,1-3H3,(H,21,24). The zero-order valence-corrected chi connectivity index (χ0v) is 19.4. The van der Waals surface area contributed by atoms with Gasteiger partial charge in [-0.15, -0.1) is 0 Å². The molecule has 0 aromatic heterocycles. The molecule has 0 aliphatic rings. The molecule has 0 aliphatic carbocycles. The Balaban J connectivity index is 4.69. The van der Waals surface area contributed by atoms with E-state index in [2.05, 4.69) is 10.1 Å². The molecule has 11 heteroatoms. The SMILES string of the molecule is CCCC(=O)CSSCC(NC(=O)CCC(N)C(=O)OC)C(=O)CCC(=O)OCC. The largest absolute Gasteiger partial charge is 0.468 e. The fourth-order valence-electron chi connectivity index (χ4n) is 2.24. The van der Waals surface area contributed by atoms with Crippen molar-refractivity contribution in [1.82, 2.24) is 5.32 Å². The maximum absolute atomic E-state index is 12.5. The highest BCUT2D eigenvalue weighted by atomic mass is 33.1. The summed E-state index contributed by atoms with van der Waals surface area (Å²) in [4.78, 5) is 59.1. The number of amides is 1. The second kappa shape index (κ2) is 17.1. The summed E-state index contributed by atoms with van der Waals surface area (Å²) in [6, 6.07) is -1.74. The molecule has 0 aliphatic heterocycles. The molecular formula is C19H32N2O7S2. The van der Waals surface area contributed by atoms with Gasteiger partial charge in [0.2, 0.25) is 5.91 Å². The van der Waals surface area contributed by atoms with Gasteiger partial charge in [-0.1, -0.05) is 28.5 Å². The van der Waals surface area contributed by atoms with Gasteiger partial charge in [-0.2, -0.15) is 0 Å². The minimum atomic E-state index is -0.923. The molecule has 2 atom stereocenters. The van der Waals surface area contributed by atoms with Crippen molar-refractivity contribution >= 4 is 51.0 Å². The van der Waals surface area contributed by atoms with Crippen molar-refractivity contribution in [2.24, 2.45) is 5.73 Å². The molecule has 0 aromatic carbocycles. The third kappa shape index (κ3) is 13.6. The Morgan fingerprint density at radius 3 is 2.30 bits per heavy atom. The van der Waals surface area contributed by atoms with E-state index in [9.17, 15) is 24.0 Å². The number of nitrogens with one attached hydrogen (secondary N) is 1. The van der Waals surface area contributed by atoms with Crippen LogP contribution in [0.15, 0.2) is 0 Å². The highest BCUT2D eigenvalue weighted by Gasteiger charge is 2.23. The number of rotatable bonds is 17. The number of methoxy groups -OCH3 is 1. The number of hydrogen-bond donors (Lipinski definition) is 2. The zero-order valence-electron chi connectivity index (χ0n) is 17.8. The van der Waals surface area contributed by atoms with E-state index in [-0.39, 0.29) is 49.6 Å². The van der Waals surface area contributed by atoms with Crippen molar-refractivity contribution in [2.75, 3.05) is 25.2 Å². The molecule has 172 valence electrons. The number of esters is 2. The molecule has 0 saturated heterocycles. The van der Waals surface area contributed by atoms with E-state index in [1.807, 2.05) is 6.92 Å². The average Bonchev–Trinajstić information content (AvgIpc) is 2.72. The molecule has 0 aromatic rings. The topological polar surface area (TPSA) is 142 Å². The molecule has 0 spiro atoms. The molecule has 0 saturated carbocycles. The van der Waals surface area contributed by atoms with E-state index >= 15 is 0 Å². The van der Waals surface area contributed by atoms with Crippen LogP contribution in [0.2, 0.25) is 0 Å². The third-order valence-electron chi connectivity index (χ3n) is 3.86. The molecule has 0 heterocycles. The maximum atomic E-state index is 12.5. The number of nitrogens with two attached hydrogens (primary N) is 1. The molecule has 0 fully saturated rings. The summed E-state index contributed by atoms with van der Waals surface area (Å²) in [5.41, 5.74) is 5.62. The lowest BCUT2D eigenvalue weighted by Crippen LogP contribution is -2.43. The Labute approximate surface area is 185 Å². The van der Waals surface area contributed by atoms with E-state index in [1.165, 1.54) is 28.7 Å². The molecule has 0 radical (unpaired) electrons. The van der Waals surface area contributed by atoms with Gasteiger partial charge >= 0.3 is 11.9 Å². The Morgan fingerprint density at radius 1 is 1.00 bits per heavy atom. The number of Topliss-reactive ketones (excluding diaryl/α,β-unsaturated/α-hetero) is 2. The Bertz CT molecular complexity index is 587. The normalized spacial score (nSPS) is 12.5. The van der Waals surface area contributed by atoms with Gasteiger partial charge in [0.25, 0.3) is 0 Å². The number of carbonyl (C=O) groups is 5. The van der Waals surface area contributed by atoms with Crippen molar-refractivity contribution < 1.29 is 33.4 Å². The average molecular weight is 465 g/mol. The maximum Gasteiger partial charge on any atom is 0.322 e. The highest BCUT2D eigenvalue weighted by molar-refractivity contribution is 8.76. The molecule has 9 nitrogen and oxygen atoms in total. The van der Waals surface area contributed by atoms with Crippen LogP contribution >= 0.6 is 21.6 Å². The zero-order chi connectivity index (χ0) is 22.9. The summed E-state index contributed by atoms with van der Waals surface area (Å²) in [5.74, 6) is -1.13. The fraction of sp³-hybridized carbons (Fsp3) is 0.737. The first-order valence-corrected chi connectivity index (χ1v) is 12.3. The predicted molar refractivity (Wildman–Crippen MR) is 117 cm³/mol. The number of carbonyl (C=O) groups excluding carboxylic acids is 5. The van der Waals surface area contributed by atoms with Crippen LogP contribution in [0.25, 0.3) is 0 Å². The lowest BCUT2D eigenvalue weighted by atomic mass is 10.1.